The van der Waals surface area contributed by atoms with Crippen molar-refractivity contribution in [2.75, 3.05) is 19.6 Å². The van der Waals surface area contributed by atoms with E-state index in [4.69, 9.17) is 9.90 Å². The number of hydrogen-bond acceptors (Lipinski definition) is 4. The van der Waals surface area contributed by atoms with Gasteiger partial charge in [0.05, 0.1) is 12.2 Å². The number of carboxylic acids is 1. The van der Waals surface area contributed by atoms with Crippen LogP contribution in [0.5, 0.6) is 0 Å². The lowest BCUT2D eigenvalue weighted by molar-refractivity contribution is -0.192. The molecule has 9 heteroatoms. The van der Waals surface area contributed by atoms with Crippen LogP contribution in [-0.4, -0.2) is 56.7 Å². The summed E-state index contributed by atoms with van der Waals surface area (Å²) in [7, 11) is 2.00. The van der Waals surface area contributed by atoms with Crippen LogP contribution >= 0.6 is 0 Å². The number of rotatable bonds is 2. The minimum Gasteiger partial charge on any atom is -0.475 e. The third-order valence-electron chi connectivity index (χ3n) is 4.27. The molecule has 24 heavy (non-hydrogen) atoms. The Morgan fingerprint density at radius 2 is 1.83 bits per heavy atom. The zero-order valence-electron chi connectivity index (χ0n) is 13.7. The quantitative estimate of drug-likeness (QED) is 0.890. The van der Waals surface area contributed by atoms with E-state index < -0.39 is 12.1 Å². The molecule has 1 aromatic heterocycles. The highest BCUT2D eigenvalue weighted by molar-refractivity contribution is 5.73. The molecule has 0 spiro atoms. The molecule has 1 atom stereocenters. The zero-order valence-corrected chi connectivity index (χ0v) is 13.7. The fourth-order valence-electron chi connectivity index (χ4n) is 3.18. The number of alkyl halides is 3. The van der Waals surface area contributed by atoms with Crippen molar-refractivity contribution in [1.82, 2.24) is 19.8 Å². The summed E-state index contributed by atoms with van der Waals surface area (Å²) in [5.41, 5.74) is 1.38. The number of hydrazine groups is 1. The van der Waals surface area contributed by atoms with Gasteiger partial charge in [-0.1, -0.05) is 6.42 Å². The van der Waals surface area contributed by atoms with Crippen LogP contribution in [0.4, 0.5) is 13.2 Å². The third-order valence-corrected chi connectivity index (χ3v) is 4.27. The summed E-state index contributed by atoms with van der Waals surface area (Å²) in [6, 6.07) is 0.571. The summed E-state index contributed by atoms with van der Waals surface area (Å²) in [6.45, 7) is 3.72. The Kier molecular flexibility index (Phi) is 6.22. The van der Waals surface area contributed by atoms with Gasteiger partial charge in [-0.25, -0.2) is 14.8 Å². The van der Waals surface area contributed by atoms with Gasteiger partial charge in [0.25, 0.3) is 0 Å². The molecular weight excluding hydrogens is 325 g/mol. The van der Waals surface area contributed by atoms with Crippen molar-refractivity contribution >= 4 is 5.97 Å². The van der Waals surface area contributed by atoms with Crippen LogP contribution in [0.2, 0.25) is 0 Å². The van der Waals surface area contributed by atoms with Gasteiger partial charge in [0.2, 0.25) is 0 Å². The van der Waals surface area contributed by atoms with E-state index >= 15 is 0 Å². The van der Waals surface area contributed by atoms with Gasteiger partial charge in [-0.15, -0.1) is 0 Å². The molecule has 2 aliphatic rings. The second-order valence-corrected chi connectivity index (χ2v) is 6.09. The summed E-state index contributed by atoms with van der Waals surface area (Å²) in [6.07, 6.45) is 5.84. The lowest BCUT2D eigenvalue weighted by Gasteiger charge is -2.38. The molecule has 0 radical (unpaired) electrons. The van der Waals surface area contributed by atoms with E-state index in [-0.39, 0.29) is 0 Å². The molecule has 2 aliphatic heterocycles. The molecule has 3 rings (SSSR count). The molecule has 136 valence electrons. The molecule has 0 amide bonds. The Hall–Kier alpha value is -1.61. The third kappa shape index (κ3) is 4.94. The maximum atomic E-state index is 10.6. The number of piperidine rings is 1. The van der Waals surface area contributed by atoms with Crippen LogP contribution in [0.3, 0.4) is 0 Å². The second kappa shape index (κ2) is 7.98. The van der Waals surface area contributed by atoms with Gasteiger partial charge in [0, 0.05) is 38.4 Å². The smallest absolute Gasteiger partial charge is 0.475 e. The molecule has 0 aromatic carbocycles. The summed E-state index contributed by atoms with van der Waals surface area (Å²) in [5.74, 6) is -2.76. The topological polar surface area (TPSA) is 61.6 Å². The van der Waals surface area contributed by atoms with E-state index in [9.17, 15) is 13.2 Å². The number of carbonyl (C=O) groups is 1. The van der Waals surface area contributed by atoms with Crippen molar-refractivity contribution in [2.24, 2.45) is 7.05 Å². The largest absolute Gasteiger partial charge is 0.490 e. The highest BCUT2D eigenvalue weighted by atomic mass is 19.4. The van der Waals surface area contributed by atoms with Crippen molar-refractivity contribution in [3.05, 3.63) is 18.0 Å². The maximum absolute atomic E-state index is 10.6. The highest BCUT2D eigenvalue weighted by Crippen LogP contribution is 2.33. The predicted octanol–water partition coefficient (Wildman–Crippen LogP) is 2.59. The molecule has 0 bridgehead atoms. The first-order chi connectivity index (χ1) is 11.3. The molecule has 2 fully saturated rings. The number of halogens is 3. The summed E-state index contributed by atoms with van der Waals surface area (Å²) in [4.78, 5) is 8.90. The van der Waals surface area contributed by atoms with Gasteiger partial charge >= 0.3 is 12.1 Å². The van der Waals surface area contributed by atoms with E-state index in [2.05, 4.69) is 21.3 Å². The van der Waals surface area contributed by atoms with Crippen molar-refractivity contribution in [3.63, 3.8) is 0 Å². The lowest BCUT2D eigenvalue weighted by atomic mass is 10.1. The van der Waals surface area contributed by atoms with Crippen LogP contribution in [-0.2, 0) is 11.8 Å². The minimum atomic E-state index is -5.08. The number of aromatic nitrogens is 2. The average Bonchev–Trinajstić information content (AvgIpc) is 3.16. The van der Waals surface area contributed by atoms with Crippen molar-refractivity contribution < 1.29 is 23.1 Å². The first-order valence-electron chi connectivity index (χ1n) is 8.09. The molecule has 2 saturated heterocycles. The molecule has 0 saturated carbocycles. The van der Waals surface area contributed by atoms with E-state index in [1.807, 2.05) is 17.9 Å². The minimum absolute atomic E-state index is 0.571. The summed E-state index contributed by atoms with van der Waals surface area (Å²) in [5, 5.41) is 16.6. The summed E-state index contributed by atoms with van der Waals surface area (Å²) >= 11 is 0. The van der Waals surface area contributed by atoms with Gasteiger partial charge < -0.3 is 5.11 Å². The van der Waals surface area contributed by atoms with Gasteiger partial charge in [-0.3, -0.25) is 4.68 Å². The van der Waals surface area contributed by atoms with Gasteiger partial charge in [0.1, 0.15) is 0 Å². The van der Waals surface area contributed by atoms with E-state index in [0.29, 0.717) is 6.04 Å². The first-order valence-corrected chi connectivity index (χ1v) is 8.09. The first kappa shape index (κ1) is 18.7. The number of aryl methyl sites for hydroxylation is 1. The Morgan fingerprint density at radius 3 is 2.33 bits per heavy atom. The van der Waals surface area contributed by atoms with Gasteiger partial charge in [-0.05, 0) is 25.7 Å². The van der Waals surface area contributed by atoms with Crippen LogP contribution in [0.1, 0.15) is 43.7 Å². The fourth-order valence-corrected chi connectivity index (χ4v) is 3.18. The average molecular weight is 348 g/mol. The van der Waals surface area contributed by atoms with E-state index in [1.54, 1.807) is 0 Å². The molecule has 1 N–H and O–H groups in total. The maximum Gasteiger partial charge on any atom is 0.490 e. The van der Waals surface area contributed by atoms with Crippen molar-refractivity contribution in [1.29, 1.82) is 0 Å². The standard InChI is InChI=1S/C13H22N4.C2HF3O2/c1-15-11-12(10-14-15)13-6-5-9-17(13)16-7-3-2-4-8-16;3-2(4,5)1(6)7/h10-11,13H,2-9H2,1H3;(H,6,7). The van der Waals surface area contributed by atoms with Gasteiger partial charge in [-0.2, -0.15) is 18.3 Å². The number of aliphatic carboxylic acids is 1. The zero-order chi connectivity index (χ0) is 17.7. The summed E-state index contributed by atoms with van der Waals surface area (Å²) < 4.78 is 33.7. The molecule has 0 aliphatic carbocycles. The predicted molar refractivity (Wildman–Crippen MR) is 81.0 cm³/mol. The normalized spacial score (nSPS) is 22.9. The van der Waals surface area contributed by atoms with Crippen LogP contribution in [0.15, 0.2) is 12.4 Å². The van der Waals surface area contributed by atoms with E-state index in [0.717, 1.165) is 0 Å². The molecule has 1 aromatic rings. The van der Waals surface area contributed by atoms with Crippen LogP contribution in [0.25, 0.3) is 0 Å². The molecular formula is C15H23F3N4O2. The SMILES string of the molecule is Cn1cc(C2CCCN2N2CCCCC2)cn1.O=C(O)C(F)(F)F. The van der Waals surface area contributed by atoms with Crippen LogP contribution in [0, 0.1) is 0 Å². The molecule has 1 unspecified atom stereocenters. The van der Waals surface area contributed by atoms with Crippen molar-refractivity contribution in [3.8, 4) is 0 Å². The number of hydrogen-bond donors (Lipinski definition) is 1. The molecule has 3 heterocycles. The number of carboxylic acid groups (broad SMARTS) is 1. The highest BCUT2D eigenvalue weighted by Gasteiger charge is 2.38. The number of nitrogens with zero attached hydrogens (tertiary/aromatic N) is 4. The van der Waals surface area contributed by atoms with Gasteiger partial charge in [0.15, 0.2) is 0 Å². The second-order valence-electron chi connectivity index (χ2n) is 6.09. The van der Waals surface area contributed by atoms with Crippen LogP contribution < -0.4 is 0 Å². The Bertz CT molecular complexity index is 541. The monoisotopic (exact) mass is 348 g/mol. The lowest BCUT2D eigenvalue weighted by Crippen LogP contribution is -2.44. The Labute approximate surface area is 138 Å². The van der Waals surface area contributed by atoms with Crippen molar-refractivity contribution in [2.45, 2.75) is 44.3 Å². The molecule has 6 nitrogen and oxygen atoms in total. The van der Waals surface area contributed by atoms with E-state index in [1.165, 1.54) is 57.3 Å². The Balaban J connectivity index is 0.000000256. The Morgan fingerprint density at radius 1 is 1.21 bits per heavy atom. The fraction of sp³-hybridized carbons (Fsp3) is 0.733.